The largest absolute Gasteiger partial charge is 0.496 e. The molecule has 0 atom stereocenters. The van der Waals surface area contributed by atoms with E-state index < -0.39 is 0 Å². The maximum absolute atomic E-state index is 12.5. The summed E-state index contributed by atoms with van der Waals surface area (Å²) < 4.78 is 11.0. The van der Waals surface area contributed by atoms with Crippen LogP contribution in [0.4, 0.5) is 5.13 Å². The van der Waals surface area contributed by atoms with Crippen LogP contribution in [0.25, 0.3) is 11.3 Å². The fraction of sp³-hybridized carbons (Fsp3) is 0.111. The van der Waals surface area contributed by atoms with E-state index >= 15 is 0 Å². The summed E-state index contributed by atoms with van der Waals surface area (Å²) in [7, 11) is 1.54. The highest BCUT2D eigenvalue weighted by molar-refractivity contribution is 7.16. The monoisotopic (exact) mass is 338 g/mol. The van der Waals surface area contributed by atoms with Crippen LogP contribution in [0.15, 0.2) is 48.5 Å². The number of para-hydroxylation sites is 2. The summed E-state index contributed by atoms with van der Waals surface area (Å²) in [6, 6.07) is 14.9. The minimum Gasteiger partial charge on any atom is -0.496 e. The van der Waals surface area contributed by atoms with Gasteiger partial charge in [0.15, 0.2) is 5.13 Å². The number of anilines is 1. The molecule has 1 amide bonds. The molecule has 1 aliphatic rings. The predicted molar refractivity (Wildman–Crippen MR) is 92.8 cm³/mol. The molecule has 4 rings (SSSR count). The Kier molecular flexibility index (Phi) is 3.66. The molecule has 1 aromatic heterocycles. The number of nitrogens with one attached hydrogen (secondary N) is 1. The van der Waals surface area contributed by atoms with E-state index in [4.69, 9.17) is 9.47 Å². The molecular weight excluding hydrogens is 324 g/mol. The van der Waals surface area contributed by atoms with Gasteiger partial charge >= 0.3 is 0 Å². The Balaban J connectivity index is 1.64. The molecule has 5 nitrogen and oxygen atoms in total. The zero-order valence-electron chi connectivity index (χ0n) is 12.9. The van der Waals surface area contributed by atoms with Crippen LogP contribution >= 0.6 is 11.3 Å². The average Bonchev–Trinajstić information content (AvgIpc) is 3.04. The molecule has 0 spiro atoms. The zero-order valence-corrected chi connectivity index (χ0v) is 13.7. The average molecular weight is 338 g/mol. The second kappa shape index (κ2) is 5.98. The van der Waals surface area contributed by atoms with Crippen LogP contribution in [0.2, 0.25) is 0 Å². The summed E-state index contributed by atoms with van der Waals surface area (Å²) in [5.41, 5.74) is 2.30. The number of hydrogen-bond acceptors (Lipinski definition) is 5. The first kappa shape index (κ1) is 14.7. The Morgan fingerprint density at radius 2 is 2.00 bits per heavy atom. The molecular formula is C18H14N2O3S. The van der Waals surface area contributed by atoms with Crippen LogP contribution in [-0.4, -0.2) is 18.0 Å². The third-order valence-corrected chi connectivity index (χ3v) is 4.71. The number of aromatic nitrogens is 1. The van der Waals surface area contributed by atoms with E-state index in [1.165, 1.54) is 11.3 Å². The highest BCUT2D eigenvalue weighted by Crippen LogP contribution is 2.40. The van der Waals surface area contributed by atoms with Crippen LogP contribution in [0.5, 0.6) is 11.5 Å². The summed E-state index contributed by atoms with van der Waals surface area (Å²) >= 11 is 1.43. The minimum absolute atomic E-state index is 0.243. The maximum atomic E-state index is 12.5. The second-order valence-electron chi connectivity index (χ2n) is 5.23. The first-order valence-electron chi connectivity index (χ1n) is 7.42. The molecule has 6 heteroatoms. The minimum atomic E-state index is -0.243. The van der Waals surface area contributed by atoms with Crippen molar-refractivity contribution in [1.29, 1.82) is 0 Å². The van der Waals surface area contributed by atoms with Crippen LogP contribution in [0.1, 0.15) is 15.2 Å². The molecule has 0 radical (unpaired) electrons. The number of rotatable bonds is 3. The molecule has 3 aromatic rings. The van der Waals surface area contributed by atoms with Crippen molar-refractivity contribution in [3.8, 4) is 22.8 Å². The van der Waals surface area contributed by atoms with Crippen molar-refractivity contribution in [1.82, 2.24) is 4.98 Å². The van der Waals surface area contributed by atoms with Crippen LogP contribution in [0, 0.1) is 0 Å². The van der Waals surface area contributed by atoms with Crippen molar-refractivity contribution in [3.05, 3.63) is 59.0 Å². The van der Waals surface area contributed by atoms with Gasteiger partial charge in [0, 0.05) is 5.56 Å². The Labute approximate surface area is 142 Å². The molecule has 0 aliphatic carbocycles. The van der Waals surface area contributed by atoms with Gasteiger partial charge in [0.2, 0.25) is 0 Å². The van der Waals surface area contributed by atoms with Gasteiger partial charge in [-0.05, 0) is 24.3 Å². The summed E-state index contributed by atoms with van der Waals surface area (Å²) in [5, 5.41) is 3.41. The number of nitrogens with zero attached hydrogens (tertiary/aromatic N) is 1. The lowest BCUT2D eigenvalue weighted by Gasteiger charge is -2.15. The molecule has 1 N–H and O–H groups in total. The molecule has 24 heavy (non-hydrogen) atoms. The van der Waals surface area contributed by atoms with E-state index in [1.54, 1.807) is 25.3 Å². The molecule has 120 valence electrons. The number of benzene rings is 2. The quantitative estimate of drug-likeness (QED) is 0.785. The maximum Gasteiger partial charge on any atom is 0.261 e. The topological polar surface area (TPSA) is 60.5 Å². The smallest absolute Gasteiger partial charge is 0.261 e. The summed E-state index contributed by atoms with van der Waals surface area (Å²) in [6.07, 6.45) is 0. The fourth-order valence-electron chi connectivity index (χ4n) is 2.64. The predicted octanol–water partition coefficient (Wildman–Crippen LogP) is 3.96. The van der Waals surface area contributed by atoms with E-state index in [1.807, 2.05) is 30.3 Å². The summed E-state index contributed by atoms with van der Waals surface area (Å²) in [5.74, 6) is 1.11. The highest BCUT2D eigenvalue weighted by Gasteiger charge is 2.23. The van der Waals surface area contributed by atoms with Crippen LogP contribution in [0.3, 0.4) is 0 Å². The van der Waals surface area contributed by atoms with Gasteiger partial charge < -0.3 is 9.47 Å². The van der Waals surface area contributed by atoms with Gasteiger partial charge in [0.05, 0.1) is 23.2 Å². The van der Waals surface area contributed by atoms with Crippen molar-refractivity contribution < 1.29 is 14.3 Å². The van der Waals surface area contributed by atoms with Crippen LogP contribution in [-0.2, 0) is 6.61 Å². The highest BCUT2D eigenvalue weighted by atomic mass is 32.1. The van der Waals surface area contributed by atoms with Gasteiger partial charge in [-0.25, -0.2) is 4.98 Å². The van der Waals surface area contributed by atoms with E-state index in [9.17, 15) is 4.79 Å². The number of hydrogen-bond donors (Lipinski definition) is 1. The van der Waals surface area contributed by atoms with Crippen molar-refractivity contribution in [2.45, 2.75) is 6.61 Å². The number of thiazole rings is 1. The van der Waals surface area contributed by atoms with Gasteiger partial charge in [-0.2, -0.15) is 0 Å². The summed E-state index contributed by atoms with van der Waals surface area (Å²) in [6.45, 7) is 0.467. The van der Waals surface area contributed by atoms with Crippen molar-refractivity contribution in [3.63, 3.8) is 0 Å². The Bertz CT molecular complexity index is 920. The fourth-order valence-corrected chi connectivity index (χ4v) is 3.53. The second-order valence-corrected chi connectivity index (χ2v) is 6.31. The van der Waals surface area contributed by atoms with Gasteiger partial charge in [-0.1, -0.05) is 35.6 Å². The lowest BCUT2D eigenvalue weighted by molar-refractivity contribution is 0.102. The standard InChI is InChI=1S/C18H14N2O3S/c1-22-13-8-4-3-7-12(13)17(21)20-18-19-16-11-6-2-5-9-14(11)23-10-15(16)24-18/h2-9H,10H2,1H3,(H,19,20,21). The van der Waals surface area contributed by atoms with Gasteiger partial charge in [-0.15, -0.1) is 0 Å². The first-order valence-corrected chi connectivity index (χ1v) is 8.24. The van der Waals surface area contributed by atoms with Crippen molar-refractivity contribution >= 4 is 22.4 Å². The zero-order chi connectivity index (χ0) is 16.5. The van der Waals surface area contributed by atoms with Crippen molar-refractivity contribution in [2.24, 2.45) is 0 Å². The SMILES string of the molecule is COc1ccccc1C(=O)Nc1nc2c(s1)COc1ccccc1-2. The van der Waals surface area contributed by atoms with Gasteiger partial charge in [-0.3, -0.25) is 10.1 Å². The van der Waals surface area contributed by atoms with Crippen molar-refractivity contribution in [2.75, 3.05) is 12.4 Å². The molecule has 0 saturated heterocycles. The van der Waals surface area contributed by atoms with Gasteiger partial charge in [0.25, 0.3) is 5.91 Å². The lowest BCUT2D eigenvalue weighted by atomic mass is 10.1. The molecule has 1 aliphatic heterocycles. The third-order valence-electron chi connectivity index (χ3n) is 3.77. The van der Waals surface area contributed by atoms with E-state index in [0.717, 1.165) is 21.9 Å². The molecule has 2 aromatic carbocycles. The molecule has 0 unspecified atom stereocenters. The Morgan fingerprint density at radius 1 is 1.21 bits per heavy atom. The number of carbonyl (C=O) groups excluding carboxylic acids is 1. The molecule has 0 bridgehead atoms. The lowest BCUT2D eigenvalue weighted by Crippen LogP contribution is -2.12. The van der Waals surface area contributed by atoms with Crippen LogP contribution < -0.4 is 14.8 Å². The number of fused-ring (bicyclic) bond motifs is 3. The number of ether oxygens (including phenoxy) is 2. The summed E-state index contributed by atoms with van der Waals surface area (Å²) in [4.78, 5) is 18.1. The van der Waals surface area contributed by atoms with E-state index in [2.05, 4.69) is 10.3 Å². The molecule has 0 saturated carbocycles. The Hall–Kier alpha value is -2.86. The molecule has 2 heterocycles. The van der Waals surface area contributed by atoms with E-state index in [0.29, 0.717) is 23.1 Å². The normalized spacial score (nSPS) is 11.9. The Morgan fingerprint density at radius 3 is 2.88 bits per heavy atom. The van der Waals surface area contributed by atoms with Gasteiger partial charge in [0.1, 0.15) is 18.1 Å². The first-order chi connectivity index (χ1) is 11.8. The molecule has 0 fully saturated rings. The number of carbonyl (C=O) groups is 1. The number of amides is 1. The van der Waals surface area contributed by atoms with E-state index in [-0.39, 0.29) is 5.91 Å². The third kappa shape index (κ3) is 2.51. The number of methoxy groups -OCH3 is 1.